The van der Waals surface area contributed by atoms with Crippen LogP contribution in [-0.4, -0.2) is 23.7 Å². The molecule has 0 bridgehead atoms. The van der Waals surface area contributed by atoms with Crippen LogP contribution in [0.4, 0.5) is 0 Å². The molecule has 1 unspecified atom stereocenters. The molecule has 0 heterocycles. The van der Waals surface area contributed by atoms with Gasteiger partial charge in [-0.15, -0.1) is 0 Å². The minimum Gasteiger partial charge on any atom is -0.301 e. The van der Waals surface area contributed by atoms with Gasteiger partial charge >= 0.3 is 6.80 Å². The number of unbranched alkanes of at least 4 members (excludes halogenated alkanes) is 1. The Bertz CT molecular complexity index is 525. The van der Waals surface area contributed by atoms with Crippen molar-refractivity contribution in [3.63, 3.8) is 0 Å². The summed E-state index contributed by atoms with van der Waals surface area (Å²) >= 11 is 1.05. The Balaban J connectivity index is 3.10. The fourth-order valence-electron chi connectivity index (χ4n) is 2.26. The zero-order chi connectivity index (χ0) is 17.3. The van der Waals surface area contributed by atoms with Crippen LogP contribution in [0.3, 0.4) is 0 Å². The Labute approximate surface area is 143 Å². The van der Waals surface area contributed by atoms with E-state index in [0.29, 0.717) is 12.0 Å². The van der Waals surface area contributed by atoms with E-state index in [9.17, 15) is 9.36 Å². The lowest BCUT2D eigenvalue weighted by Gasteiger charge is -2.30. The summed E-state index contributed by atoms with van der Waals surface area (Å²) in [6.45, 7) is 4.67. The number of ketones is 1. The van der Waals surface area contributed by atoms with Crippen molar-refractivity contribution in [2.24, 2.45) is 0 Å². The maximum atomic E-state index is 13.0. The highest BCUT2D eigenvalue weighted by atomic mass is 32.7. The second-order valence-corrected chi connectivity index (χ2v) is 9.79. The van der Waals surface area contributed by atoms with Crippen LogP contribution < -0.4 is 0 Å². The maximum Gasteiger partial charge on any atom is 0.390 e. The molecule has 6 heteroatoms. The largest absolute Gasteiger partial charge is 0.390 e. The number of carbonyl (C=O) groups excluding carboxylic acids is 1. The first-order valence-corrected chi connectivity index (χ1v) is 11.1. The van der Waals surface area contributed by atoms with E-state index in [1.54, 1.807) is 26.0 Å². The van der Waals surface area contributed by atoms with E-state index in [4.69, 9.17) is 9.05 Å². The third-order valence-electron chi connectivity index (χ3n) is 3.41. The first kappa shape index (κ1) is 20.4. The average Bonchev–Trinajstić information content (AvgIpc) is 2.53. The van der Waals surface area contributed by atoms with Gasteiger partial charge in [-0.1, -0.05) is 50.1 Å². The third-order valence-corrected chi connectivity index (χ3v) is 8.09. The Morgan fingerprint density at radius 3 is 2.17 bits per heavy atom. The number of rotatable bonds is 11. The Hall–Kier alpha value is -0.610. The van der Waals surface area contributed by atoms with Gasteiger partial charge < -0.3 is 9.05 Å². The lowest BCUT2D eigenvalue weighted by molar-refractivity contribution is 0.0944. The summed E-state index contributed by atoms with van der Waals surface area (Å²) in [5, 5.41) is 0. The minimum absolute atomic E-state index is 0.0313. The van der Waals surface area contributed by atoms with Gasteiger partial charge in [0.15, 0.2) is 5.78 Å². The van der Waals surface area contributed by atoms with Crippen LogP contribution in [-0.2, 0) is 13.6 Å². The maximum absolute atomic E-state index is 13.0. The lowest BCUT2D eigenvalue weighted by Crippen LogP contribution is -2.32. The molecule has 0 amide bonds. The Morgan fingerprint density at radius 2 is 1.70 bits per heavy atom. The number of carbonyl (C=O) groups is 1. The van der Waals surface area contributed by atoms with E-state index in [2.05, 4.69) is 6.92 Å². The quantitative estimate of drug-likeness (QED) is 0.373. The number of hydrogen-bond donors (Lipinski definition) is 0. The van der Waals surface area contributed by atoms with Crippen molar-refractivity contribution < 1.29 is 18.4 Å². The molecule has 0 spiro atoms. The Morgan fingerprint density at radius 1 is 1.13 bits per heavy atom. The third kappa shape index (κ3) is 6.07. The smallest absolute Gasteiger partial charge is 0.301 e. The van der Waals surface area contributed by atoms with Gasteiger partial charge in [0.2, 0.25) is 0 Å². The van der Waals surface area contributed by atoms with Crippen molar-refractivity contribution in [2.45, 2.75) is 51.7 Å². The molecule has 130 valence electrons. The molecule has 1 aromatic rings. The van der Waals surface area contributed by atoms with Gasteiger partial charge in [0.05, 0.1) is 18.0 Å². The fraction of sp³-hybridized carbons (Fsp3) is 0.588. The van der Waals surface area contributed by atoms with Crippen molar-refractivity contribution in [3.05, 3.63) is 35.9 Å². The fourth-order valence-corrected chi connectivity index (χ4v) is 6.96. The minimum atomic E-state index is -3.36. The van der Waals surface area contributed by atoms with Gasteiger partial charge in [0.1, 0.15) is 0 Å². The molecule has 4 nitrogen and oxygen atoms in total. The van der Waals surface area contributed by atoms with E-state index >= 15 is 0 Å². The first-order chi connectivity index (χ1) is 10.9. The summed E-state index contributed by atoms with van der Waals surface area (Å²) in [6.07, 6.45) is 2.47. The molecule has 1 atom stereocenters. The molecule has 0 radical (unpaired) electrons. The molecule has 1 rings (SSSR count). The molecule has 0 N–H and O–H groups in total. The van der Waals surface area contributed by atoms with Crippen LogP contribution >= 0.6 is 18.2 Å². The zero-order valence-corrected chi connectivity index (χ0v) is 16.1. The number of Topliss-reactive ketones (excluding diaryl/α,β-unsaturated/α-hetero) is 1. The summed E-state index contributed by atoms with van der Waals surface area (Å²) in [5.74, 6) is -0.0313. The molecule has 0 saturated heterocycles. The van der Waals surface area contributed by atoms with Gasteiger partial charge in [-0.2, -0.15) is 0 Å². The summed E-state index contributed by atoms with van der Waals surface area (Å²) in [5.41, 5.74) is 0.623. The molecular weight excluding hydrogens is 331 g/mol. The summed E-state index contributed by atoms with van der Waals surface area (Å²) in [4.78, 5) is 13.0. The molecule has 23 heavy (non-hydrogen) atoms. The van der Waals surface area contributed by atoms with Crippen molar-refractivity contribution in [1.29, 1.82) is 0 Å². The molecule has 0 aromatic heterocycles. The highest BCUT2D eigenvalue weighted by molar-refractivity contribution is 8.56. The standard InChI is InChI=1S/C17H27O4PS/c1-5-8-14-17(4,16(18)15-12-10-9-11-13-15)23-22(19,20-6-2)21-7-3/h9-13H,5-8,14H2,1-4H3. The Kier molecular flexibility index (Phi) is 8.56. The van der Waals surface area contributed by atoms with E-state index in [1.165, 1.54) is 0 Å². The molecule has 0 saturated carbocycles. The molecule has 1 aromatic carbocycles. The second kappa shape index (κ2) is 9.63. The van der Waals surface area contributed by atoms with Crippen LogP contribution in [0.2, 0.25) is 0 Å². The monoisotopic (exact) mass is 358 g/mol. The highest BCUT2D eigenvalue weighted by Crippen LogP contribution is 2.66. The van der Waals surface area contributed by atoms with Gasteiger partial charge in [0, 0.05) is 5.56 Å². The van der Waals surface area contributed by atoms with E-state index in [0.717, 1.165) is 24.2 Å². The highest BCUT2D eigenvalue weighted by Gasteiger charge is 2.42. The van der Waals surface area contributed by atoms with E-state index in [1.807, 2.05) is 25.1 Å². The lowest BCUT2D eigenvalue weighted by atomic mass is 9.93. The topological polar surface area (TPSA) is 52.6 Å². The van der Waals surface area contributed by atoms with Crippen LogP contribution in [0.1, 0.15) is 57.3 Å². The van der Waals surface area contributed by atoms with Crippen molar-refractivity contribution in [3.8, 4) is 0 Å². The van der Waals surface area contributed by atoms with Gasteiger partial charge in [0.25, 0.3) is 0 Å². The van der Waals surface area contributed by atoms with Gasteiger partial charge in [-0.25, -0.2) is 4.57 Å². The second-order valence-electron chi connectivity index (χ2n) is 5.40. The van der Waals surface area contributed by atoms with E-state index < -0.39 is 11.5 Å². The number of benzene rings is 1. The summed E-state index contributed by atoms with van der Waals surface area (Å²) < 4.78 is 22.8. The zero-order valence-electron chi connectivity index (χ0n) is 14.4. The average molecular weight is 358 g/mol. The molecule has 0 aliphatic rings. The van der Waals surface area contributed by atoms with Crippen molar-refractivity contribution in [2.75, 3.05) is 13.2 Å². The molecule has 0 fully saturated rings. The van der Waals surface area contributed by atoms with Crippen molar-refractivity contribution in [1.82, 2.24) is 0 Å². The first-order valence-electron chi connectivity index (χ1n) is 8.10. The van der Waals surface area contributed by atoms with Crippen LogP contribution in [0, 0.1) is 0 Å². The van der Waals surface area contributed by atoms with Crippen molar-refractivity contribution >= 4 is 24.0 Å². The summed E-state index contributed by atoms with van der Waals surface area (Å²) in [7, 11) is 0. The van der Waals surface area contributed by atoms with Crippen LogP contribution in [0.5, 0.6) is 0 Å². The van der Waals surface area contributed by atoms with Crippen LogP contribution in [0.25, 0.3) is 0 Å². The summed E-state index contributed by atoms with van der Waals surface area (Å²) in [6, 6.07) is 9.13. The van der Waals surface area contributed by atoms with Crippen LogP contribution in [0.15, 0.2) is 30.3 Å². The molecule has 0 aliphatic heterocycles. The SMILES string of the molecule is CCCCC(C)(SP(=O)(OCC)OCC)C(=O)c1ccccc1. The predicted octanol–water partition coefficient (Wildman–Crippen LogP) is 5.73. The molecular formula is C17H27O4PS. The predicted molar refractivity (Wildman–Crippen MR) is 97.2 cm³/mol. The van der Waals surface area contributed by atoms with Gasteiger partial charge in [-0.05, 0) is 38.6 Å². The molecule has 0 aliphatic carbocycles. The normalized spacial score (nSPS) is 14.4. The van der Waals surface area contributed by atoms with E-state index in [-0.39, 0.29) is 19.0 Å². The van der Waals surface area contributed by atoms with Gasteiger partial charge in [-0.3, -0.25) is 4.79 Å². The number of hydrogen-bond acceptors (Lipinski definition) is 5.